The van der Waals surface area contributed by atoms with Gasteiger partial charge >= 0.3 is 0 Å². The molecule has 0 saturated heterocycles. The van der Waals surface area contributed by atoms with Crippen molar-refractivity contribution in [1.82, 2.24) is 4.90 Å². The molecule has 0 bridgehead atoms. The predicted molar refractivity (Wildman–Crippen MR) is 85.9 cm³/mol. The van der Waals surface area contributed by atoms with Crippen LogP contribution in [0, 0.1) is 0 Å². The topological polar surface area (TPSA) is 66.5 Å². The molecule has 7 heteroatoms. The SMILES string of the molecule is CN(C)C(=O)CCC[S@](=O)CC(=O)Nc1ccc(Cl)cc1. The summed E-state index contributed by atoms with van der Waals surface area (Å²) < 4.78 is 11.8. The number of nitrogens with one attached hydrogen (secondary N) is 1. The molecular weight excluding hydrogens is 312 g/mol. The number of halogens is 1. The van der Waals surface area contributed by atoms with Gasteiger partial charge in [-0.05, 0) is 30.7 Å². The number of amides is 2. The largest absolute Gasteiger partial charge is 0.349 e. The first-order valence-corrected chi connectivity index (χ1v) is 8.35. The first kappa shape index (κ1) is 17.7. The number of carbonyl (C=O) groups excluding carboxylic acids is 2. The molecule has 1 aromatic rings. The van der Waals surface area contributed by atoms with Crippen molar-refractivity contribution in [2.75, 3.05) is 30.9 Å². The molecule has 0 fully saturated rings. The molecule has 1 atom stereocenters. The van der Waals surface area contributed by atoms with Crippen LogP contribution in [0.1, 0.15) is 12.8 Å². The summed E-state index contributed by atoms with van der Waals surface area (Å²) in [4.78, 5) is 24.5. The molecule has 0 aliphatic rings. The minimum absolute atomic E-state index is 0.00221. The quantitative estimate of drug-likeness (QED) is 0.830. The summed E-state index contributed by atoms with van der Waals surface area (Å²) in [6.45, 7) is 0. The Bertz CT molecular complexity index is 517. The van der Waals surface area contributed by atoms with Crippen LogP contribution in [-0.4, -0.2) is 46.5 Å². The lowest BCUT2D eigenvalue weighted by molar-refractivity contribution is -0.128. The molecule has 1 rings (SSSR count). The fourth-order valence-corrected chi connectivity index (χ4v) is 2.66. The third-order valence-electron chi connectivity index (χ3n) is 2.68. The molecular formula is C14H19ClN2O3S. The molecule has 0 unspecified atom stereocenters. The Balaban J connectivity index is 2.29. The zero-order valence-electron chi connectivity index (χ0n) is 12.1. The van der Waals surface area contributed by atoms with Gasteiger partial charge in [0.2, 0.25) is 11.8 Å². The van der Waals surface area contributed by atoms with Crippen LogP contribution in [0.5, 0.6) is 0 Å². The Labute approximate surface area is 132 Å². The zero-order chi connectivity index (χ0) is 15.8. The number of anilines is 1. The average Bonchev–Trinajstić information content (AvgIpc) is 2.41. The molecule has 1 aromatic carbocycles. The van der Waals surface area contributed by atoms with E-state index in [9.17, 15) is 13.8 Å². The van der Waals surface area contributed by atoms with Crippen LogP contribution in [0.2, 0.25) is 5.02 Å². The van der Waals surface area contributed by atoms with E-state index in [1.807, 2.05) is 0 Å². The standard InChI is InChI=1S/C14H19ClN2O3S/c1-17(2)14(19)4-3-9-21(20)10-13(18)16-12-7-5-11(15)6-8-12/h5-8H,3-4,9-10H2,1-2H3,(H,16,18)/t21-/m0/s1. The number of benzene rings is 1. The summed E-state index contributed by atoms with van der Waals surface area (Å²) >= 11 is 5.75. The maximum atomic E-state index is 11.8. The highest BCUT2D eigenvalue weighted by Gasteiger charge is 2.10. The van der Waals surface area contributed by atoms with E-state index >= 15 is 0 Å². The van der Waals surface area contributed by atoms with E-state index in [0.717, 1.165) is 0 Å². The van der Waals surface area contributed by atoms with Crippen LogP contribution in [-0.2, 0) is 20.4 Å². The minimum Gasteiger partial charge on any atom is -0.349 e. The molecule has 0 spiro atoms. The number of carbonyl (C=O) groups is 2. The number of rotatable bonds is 7. The molecule has 2 amide bonds. The third-order valence-corrected chi connectivity index (χ3v) is 4.26. The Morgan fingerprint density at radius 3 is 2.43 bits per heavy atom. The van der Waals surface area contributed by atoms with Crippen molar-refractivity contribution < 1.29 is 13.8 Å². The van der Waals surface area contributed by atoms with Gasteiger partial charge in [-0.15, -0.1) is 0 Å². The Kier molecular flexibility index (Phi) is 7.39. The van der Waals surface area contributed by atoms with E-state index < -0.39 is 10.8 Å². The van der Waals surface area contributed by atoms with Gasteiger partial charge in [0.15, 0.2) is 0 Å². The molecule has 116 valence electrons. The molecule has 0 saturated carbocycles. The van der Waals surface area contributed by atoms with Crippen molar-refractivity contribution in [3.63, 3.8) is 0 Å². The lowest BCUT2D eigenvalue weighted by Crippen LogP contribution is -2.23. The maximum Gasteiger partial charge on any atom is 0.236 e. The summed E-state index contributed by atoms with van der Waals surface area (Å²) in [7, 11) is 2.09. The number of hydrogen-bond acceptors (Lipinski definition) is 3. The van der Waals surface area contributed by atoms with Gasteiger partial charge in [0, 0.05) is 47.8 Å². The van der Waals surface area contributed by atoms with Gasteiger partial charge in [-0.25, -0.2) is 0 Å². The summed E-state index contributed by atoms with van der Waals surface area (Å²) in [5.74, 6) is -0.0425. The Hall–Kier alpha value is -1.40. The van der Waals surface area contributed by atoms with Crippen molar-refractivity contribution >= 4 is 39.9 Å². The minimum atomic E-state index is -1.27. The maximum absolute atomic E-state index is 11.8. The van der Waals surface area contributed by atoms with Crippen LogP contribution < -0.4 is 5.32 Å². The summed E-state index contributed by atoms with van der Waals surface area (Å²) in [5.41, 5.74) is 0.615. The summed E-state index contributed by atoms with van der Waals surface area (Å²) in [6.07, 6.45) is 0.857. The molecule has 0 heterocycles. The number of nitrogens with zero attached hydrogens (tertiary/aromatic N) is 1. The lowest BCUT2D eigenvalue weighted by Gasteiger charge is -2.09. The zero-order valence-corrected chi connectivity index (χ0v) is 13.7. The first-order valence-electron chi connectivity index (χ1n) is 6.49. The average molecular weight is 331 g/mol. The van der Waals surface area contributed by atoms with E-state index in [2.05, 4.69) is 5.32 Å². The Morgan fingerprint density at radius 2 is 1.86 bits per heavy atom. The summed E-state index contributed by atoms with van der Waals surface area (Å²) in [6, 6.07) is 6.69. The predicted octanol–water partition coefficient (Wildman–Crippen LogP) is 1.90. The van der Waals surface area contributed by atoms with Crippen molar-refractivity contribution in [2.24, 2.45) is 0 Å². The highest BCUT2D eigenvalue weighted by atomic mass is 35.5. The van der Waals surface area contributed by atoms with Crippen molar-refractivity contribution in [3.05, 3.63) is 29.3 Å². The second kappa shape index (κ2) is 8.79. The van der Waals surface area contributed by atoms with Gasteiger partial charge in [-0.3, -0.25) is 13.8 Å². The second-order valence-electron chi connectivity index (χ2n) is 4.74. The molecule has 5 nitrogen and oxygen atoms in total. The second-order valence-corrected chi connectivity index (χ2v) is 6.75. The van der Waals surface area contributed by atoms with Gasteiger partial charge in [-0.1, -0.05) is 11.6 Å². The first-order chi connectivity index (χ1) is 9.88. The molecule has 0 aliphatic heterocycles. The van der Waals surface area contributed by atoms with Crippen molar-refractivity contribution in [3.8, 4) is 0 Å². The summed E-state index contributed by atoms with van der Waals surface area (Å²) in [5, 5.41) is 3.24. The van der Waals surface area contributed by atoms with E-state index in [1.54, 1.807) is 38.4 Å². The highest BCUT2D eigenvalue weighted by molar-refractivity contribution is 7.85. The molecule has 0 aliphatic carbocycles. The fraction of sp³-hybridized carbons (Fsp3) is 0.429. The highest BCUT2D eigenvalue weighted by Crippen LogP contribution is 2.13. The van der Waals surface area contributed by atoms with Gasteiger partial charge in [0.25, 0.3) is 0 Å². The molecule has 0 aromatic heterocycles. The molecule has 1 N–H and O–H groups in total. The lowest BCUT2D eigenvalue weighted by atomic mass is 10.3. The third kappa shape index (κ3) is 7.24. The monoisotopic (exact) mass is 330 g/mol. The van der Waals surface area contributed by atoms with E-state index in [4.69, 9.17) is 11.6 Å². The fourth-order valence-electron chi connectivity index (χ4n) is 1.56. The van der Waals surface area contributed by atoms with E-state index in [1.165, 1.54) is 4.90 Å². The van der Waals surface area contributed by atoms with Crippen LogP contribution in [0.3, 0.4) is 0 Å². The Morgan fingerprint density at radius 1 is 1.24 bits per heavy atom. The van der Waals surface area contributed by atoms with Crippen LogP contribution >= 0.6 is 11.6 Å². The van der Waals surface area contributed by atoms with Crippen LogP contribution in [0.25, 0.3) is 0 Å². The van der Waals surface area contributed by atoms with Crippen molar-refractivity contribution in [1.29, 1.82) is 0 Å². The van der Waals surface area contributed by atoms with Gasteiger partial charge in [0.05, 0.1) is 0 Å². The van der Waals surface area contributed by atoms with Gasteiger partial charge in [0.1, 0.15) is 5.75 Å². The van der Waals surface area contributed by atoms with Gasteiger partial charge < -0.3 is 10.2 Å². The molecule has 21 heavy (non-hydrogen) atoms. The van der Waals surface area contributed by atoms with Gasteiger partial charge in [-0.2, -0.15) is 0 Å². The smallest absolute Gasteiger partial charge is 0.236 e. The van der Waals surface area contributed by atoms with Crippen molar-refractivity contribution in [2.45, 2.75) is 12.8 Å². The van der Waals surface area contributed by atoms with E-state index in [0.29, 0.717) is 29.3 Å². The number of hydrogen-bond donors (Lipinski definition) is 1. The normalized spacial score (nSPS) is 11.8. The molecule has 0 radical (unpaired) electrons. The van der Waals surface area contributed by atoms with E-state index in [-0.39, 0.29) is 17.6 Å². The van der Waals surface area contributed by atoms with Crippen LogP contribution in [0.15, 0.2) is 24.3 Å². The van der Waals surface area contributed by atoms with Crippen LogP contribution in [0.4, 0.5) is 5.69 Å².